The van der Waals surface area contributed by atoms with Crippen molar-refractivity contribution >= 4 is 35.1 Å². The fraction of sp³-hybridized carbons (Fsp3) is 0.188. The number of aryl methyl sites for hydroxylation is 1. The Kier molecular flexibility index (Phi) is 5.32. The molecule has 3 rings (SSSR count). The molecule has 0 aliphatic carbocycles. The van der Waals surface area contributed by atoms with Crippen molar-refractivity contribution in [2.75, 3.05) is 16.4 Å². The number of nitrogens with one attached hydrogen (secondary N) is 2. The molecule has 26 heavy (non-hydrogen) atoms. The van der Waals surface area contributed by atoms with E-state index >= 15 is 0 Å². The molecule has 1 aromatic carbocycles. The van der Waals surface area contributed by atoms with Crippen LogP contribution < -0.4 is 10.6 Å². The standard InChI is InChI=1S/C16H16N6O3S/c1-10-6-14(21-25-10)19-15(24)8-26-16-20-17-9-22(16)13-5-3-4-12(7-13)18-11(2)23/h3-7,9H,8H2,1-2H3,(H,18,23)(H,19,21,24). The van der Waals surface area contributed by atoms with Crippen LogP contribution in [0.4, 0.5) is 11.5 Å². The van der Waals surface area contributed by atoms with Crippen molar-refractivity contribution in [3.63, 3.8) is 0 Å². The van der Waals surface area contributed by atoms with Gasteiger partial charge in [-0.15, -0.1) is 10.2 Å². The Morgan fingerprint density at radius 3 is 2.85 bits per heavy atom. The van der Waals surface area contributed by atoms with Gasteiger partial charge in [0.15, 0.2) is 11.0 Å². The van der Waals surface area contributed by atoms with Gasteiger partial charge in [-0.05, 0) is 25.1 Å². The molecule has 0 unspecified atom stereocenters. The van der Waals surface area contributed by atoms with Crippen LogP contribution in [0.5, 0.6) is 0 Å². The highest BCUT2D eigenvalue weighted by Gasteiger charge is 2.12. The van der Waals surface area contributed by atoms with Crippen LogP contribution in [0.15, 0.2) is 46.3 Å². The SMILES string of the molecule is CC(=O)Nc1cccc(-n2cnnc2SCC(=O)Nc2cc(C)on2)c1. The molecule has 0 spiro atoms. The van der Waals surface area contributed by atoms with Gasteiger partial charge in [-0.25, -0.2) is 0 Å². The van der Waals surface area contributed by atoms with Crippen molar-refractivity contribution in [1.29, 1.82) is 0 Å². The van der Waals surface area contributed by atoms with E-state index in [1.807, 2.05) is 12.1 Å². The molecule has 3 aromatic rings. The van der Waals surface area contributed by atoms with Crippen LogP contribution in [-0.4, -0.2) is 37.5 Å². The topological polar surface area (TPSA) is 115 Å². The Bertz CT molecular complexity index is 935. The highest BCUT2D eigenvalue weighted by atomic mass is 32.2. The van der Waals surface area contributed by atoms with Gasteiger partial charge >= 0.3 is 0 Å². The van der Waals surface area contributed by atoms with E-state index in [9.17, 15) is 9.59 Å². The largest absolute Gasteiger partial charge is 0.360 e. The Hall–Kier alpha value is -3.14. The van der Waals surface area contributed by atoms with E-state index in [2.05, 4.69) is 26.0 Å². The van der Waals surface area contributed by atoms with E-state index in [1.54, 1.807) is 36.0 Å². The normalized spacial score (nSPS) is 10.5. The van der Waals surface area contributed by atoms with E-state index in [0.717, 1.165) is 5.69 Å². The van der Waals surface area contributed by atoms with E-state index in [4.69, 9.17) is 4.52 Å². The van der Waals surface area contributed by atoms with E-state index < -0.39 is 0 Å². The Morgan fingerprint density at radius 2 is 2.12 bits per heavy atom. The number of amides is 2. The molecule has 0 saturated heterocycles. The van der Waals surface area contributed by atoms with Gasteiger partial charge in [-0.1, -0.05) is 23.0 Å². The summed E-state index contributed by atoms with van der Waals surface area (Å²) < 4.78 is 6.64. The van der Waals surface area contributed by atoms with Crippen LogP contribution in [0.25, 0.3) is 5.69 Å². The average molecular weight is 372 g/mol. The minimum absolute atomic E-state index is 0.135. The number of carbonyl (C=O) groups is 2. The van der Waals surface area contributed by atoms with Crippen LogP contribution in [0.3, 0.4) is 0 Å². The number of hydrogen-bond donors (Lipinski definition) is 2. The summed E-state index contributed by atoms with van der Waals surface area (Å²) in [5, 5.41) is 17.6. The summed E-state index contributed by atoms with van der Waals surface area (Å²) in [6, 6.07) is 8.90. The number of nitrogens with zero attached hydrogens (tertiary/aromatic N) is 4. The summed E-state index contributed by atoms with van der Waals surface area (Å²) in [5.74, 6) is 0.741. The summed E-state index contributed by atoms with van der Waals surface area (Å²) >= 11 is 1.23. The fourth-order valence-electron chi connectivity index (χ4n) is 2.17. The monoisotopic (exact) mass is 372 g/mol. The summed E-state index contributed by atoms with van der Waals surface area (Å²) in [6.45, 7) is 3.19. The number of aromatic nitrogens is 4. The summed E-state index contributed by atoms with van der Waals surface area (Å²) in [4.78, 5) is 23.2. The van der Waals surface area contributed by atoms with Crippen LogP contribution in [0.2, 0.25) is 0 Å². The predicted octanol–water partition coefficient (Wildman–Crippen LogP) is 2.25. The number of rotatable bonds is 6. The highest BCUT2D eigenvalue weighted by molar-refractivity contribution is 7.99. The smallest absolute Gasteiger partial charge is 0.236 e. The Balaban J connectivity index is 1.67. The first kappa shape index (κ1) is 17.7. The quantitative estimate of drug-likeness (QED) is 0.638. The Labute approximate surface area is 153 Å². The number of hydrogen-bond acceptors (Lipinski definition) is 7. The zero-order chi connectivity index (χ0) is 18.5. The third kappa shape index (κ3) is 4.48. The zero-order valence-electron chi connectivity index (χ0n) is 14.1. The third-order valence-electron chi connectivity index (χ3n) is 3.19. The first-order valence-corrected chi connectivity index (χ1v) is 8.64. The molecule has 0 saturated carbocycles. The molecular weight excluding hydrogens is 356 g/mol. The van der Waals surface area contributed by atoms with E-state index in [1.165, 1.54) is 18.7 Å². The molecule has 0 aliphatic rings. The molecule has 2 aromatic heterocycles. The summed E-state index contributed by atoms with van der Waals surface area (Å²) in [5.41, 5.74) is 1.44. The molecule has 10 heteroatoms. The van der Waals surface area contributed by atoms with Crippen molar-refractivity contribution in [2.24, 2.45) is 0 Å². The molecular formula is C16H16N6O3S. The van der Waals surface area contributed by atoms with Gasteiger partial charge in [-0.2, -0.15) is 0 Å². The van der Waals surface area contributed by atoms with Crippen LogP contribution in [-0.2, 0) is 9.59 Å². The van der Waals surface area contributed by atoms with Crippen molar-refractivity contribution in [1.82, 2.24) is 19.9 Å². The van der Waals surface area contributed by atoms with Crippen LogP contribution in [0, 0.1) is 6.92 Å². The van der Waals surface area contributed by atoms with Crippen LogP contribution >= 0.6 is 11.8 Å². The van der Waals surface area contributed by atoms with Crippen molar-refractivity contribution < 1.29 is 14.1 Å². The Morgan fingerprint density at radius 1 is 1.27 bits per heavy atom. The summed E-state index contributed by atoms with van der Waals surface area (Å²) in [6.07, 6.45) is 1.55. The maximum atomic E-state index is 12.0. The molecule has 2 N–H and O–H groups in total. The van der Waals surface area contributed by atoms with Gasteiger partial charge in [0.25, 0.3) is 0 Å². The van der Waals surface area contributed by atoms with Gasteiger partial charge in [0.2, 0.25) is 11.8 Å². The molecule has 0 bridgehead atoms. The lowest BCUT2D eigenvalue weighted by Gasteiger charge is -2.08. The zero-order valence-corrected chi connectivity index (χ0v) is 14.9. The van der Waals surface area contributed by atoms with E-state index in [0.29, 0.717) is 22.4 Å². The van der Waals surface area contributed by atoms with Gasteiger partial charge in [0.05, 0.1) is 11.4 Å². The lowest BCUT2D eigenvalue weighted by atomic mass is 10.2. The second-order valence-corrected chi connectivity index (χ2v) is 6.32. The van der Waals surface area contributed by atoms with Crippen molar-refractivity contribution in [3.05, 3.63) is 42.4 Å². The molecule has 134 valence electrons. The second-order valence-electron chi connectivity index (χ2n) is 5.37. The number of thioether (sulfide) groups is 1. The van der Waals surface area contributed by atoms with Gasteiger partial charge in [-0.3, -0.25) is 14.2 Å². The highest BCUT2D eigenvalue weighted by Crippen LogP contribution is 2.22. The molecule has 2 amide bonds. The molecule has 0 aliphatic heterocycles. The minimum atomic E-state index is -0.232. The maximum Gasteiger partial charge on any atom is 0.236 e. The van der Waals surface area contributed by atoms with Crippen molar-refractivity contribution in [2.45, 2.75) is 19.0 Å². The van der Waals surface area contributed by atoms with Gasteiger partial charge in [0.1, 0.15) is 12.1 Å². The van der Waals surface area contributed by atoms with Crippen LogP contribution in [0.1, 0.15) is 12.7 Å². The lowest BCUT2D eigenvalue weighted by Crippen LogP contribution is -2.14. The van der Waals surface area contributed by atoms with Gasteiger partial charge in [0, 0.05) is 18.7 Å². The fourth-order valence-corrected chi connectivity index (χ4v) is 2.90. The minimum Gasteiger partial charge on any atom is -0.360 e. The molecule has 0 fully saturated rings. The van der Waals surface area contributed by atoms with Crippen molar-refractivity contribution in [3.8, 4) is 5.69 Å². The first-order valence-electron chi connectivity index (χ1n) is 7.65. The number of anilines is 2. The first-order chi connectivity index (χ1) is 12.5. The lowest BCUT2D eigenvalue weighted by molar-refractivity contribution is -0.114. The average Bonchev–Trinajstić information content (AvgIpc) is 3.21. The maximum absolute atomic E-state index is 12.0. The third-order valence-corrected chi connectivity index (χ3v) is 4.13. The van der Waals surface area contributed by atoms with Gasteiger partial charge < -0.3 is 15.2 Å². The predicted molar refractivity (Wildman–Crippen MR) is 96.3 cm³/mol. The van der Waals surface area contributed by atoms with E-state index in [-0.39, 0.29) is 17.6 Å². The second kappa shape index (κ2) is 7.83. The molecule has 0 atom stereocenters. The summed E-state index contributed by atoms with van der Waals surface area (Å²) in [7, 11) is 0. The number of benzene rings is 1. The molecule has 2 heterocycles. The molecule has 0 radical (unpaired) electrons. The number of carbonyl (C=O) groups excluding carboxylic acids is 2. The molecule has 9 nitrogen and oxygen atoms in total.